The zero-order valence-corrected chi connectivity index (χ0v) is 14.6. The maximum atomic E-state index is 12.7. The summed E-state index contributed by atoms with van der Waals surface area (Å²) in [5, 5.41) is 8.96. The Morgan fingerprint density at radius 2 is 2.16 bits per heavy atom. The van der Waals surface area contributed by atoms with E-state index < -0.39 is 23.4 Å². The number of carbonyl (C=O) groups excluding carboxylic acids is 3. The number of rotatable bonds is 5. The summed E-state index contributed by atoms with van der Waals surface area (Å²) in [6.07, 6.45) is 0. The summed E-state index contributed by atoms with van der Waals surface area (Å²) in [5.74, 6) is -0.319. The third-order valence-corrected chi connectivity index (χ3v) is 4.71. The quantitative estimate of drug-likeness (QED) is 0.801. The van der Waals surface area contributed by atoms with Gasteiger partial charge in [0, 0.05) is 11.8 Å². The number of ether oxygens (including phenoxy) is 1. The third-order valence-electron chi connectivity index (χ3n) is 4.03. The van der Waals surface area contributed by atoms with E-state index in [2.05, 4.69) is 10.6 Å². The van der Waals surface area contributed by atoms with Gasteiger partial charge in [-0.2, -0.15) is 11.3 Å². The molecule has 1 aliphatic heterocycles. The number of nitrogens with zero attached hydrogens (tertiary/aromatic N) is 1. The van der Waals surface area contributed by atoms with Crippen LogP contribution in [0.4, 0.5) is 10.5 Å². The van der Waals surface area contributed by atoms with Crippen LogP contribution in [0.2, 0.25) is 0 Å². The molecule has 1 atom stereocenters. The minimum Gasteiger partial charge on any atom is -0.497 e. The van der Waals surface area contributed by atoms with E-state index in [1.165, 1.54) is 18.4 Å². The predicted octanol–water partition coefficient (Wildman–Crippen LogP) is 2.16. The van der Waals surface area contributed by atoms with Crippen LogP contribution in [0, 0.1) is 0 Å². The van der Waals surface area contributed by atoms with Crippen molar-refractivity contribution in [1.29, 1.82) is 0 Å². The van der Waals surface area contributed by atoms with Crippen LogP contribution in [0.5, 0.6) is 5.75 Å². The zero-order chi connectivity index (χ0) is 18.0. The van der Waals surface area contributed by atoms with Gasteiger partial charge in [-0.05, 0) is 41.4 Å². The van der Waals surface area contributed by atoms with Crippen molar-refractivity contribution in [1.82, 2.24) is 10.2 Å². The van der Waals surface area contributed by atoms with Gasteiger partial charge in [0.2, 0.25) is 5.91 Å². The fourth-order valence-electron chi connectivity index (χ4n) is 2.63. The Kier molecular flexibility index (Phi) is 4.45. The molecule has 130 valence electrons. The molecule has 2 N–H and O–H groups in total. The number of amides is 4. The van der Waals surface area contributed by atoms with Crippen LogP contribution < -0.4 is 15.4 Å². The molecule has 0 aliphatic carbocycles. The number of benzene rings is 1. The molecule has 7 nitrogen and oxygen atoms in total. The summed E-state index contributed by atoms with van der Waals surface area (Å²) in [4.78, 5) is 38.0. The minimum absolute atomic E-state index is 0.360. The molecule has 0 saturated carbocycles. The van der Waals surface area contributed by atoms with Gasteiger partial charge >= 0.3 is 6.03 Å². The highest BCUT2D eigenvalue weighted by atomic mass is 32.1. The Balaban J connectivity index is 1.71. The van der Waals surface area contributed by atoms with Gasteiger partial charge in [0.15, 0.2) is 0 Å². The zero-order valence-electron chi connectivity index (χ0n) is 13.7. The number of hydrogen-bond acceptors (Lipinski definition) is 5. The Morgan fingerprint density at radius 1 is 1.36 bits per heavy atom. The lowest BCUT2D eigenvalue weighted by atomic mass is 9.95. The van der Waals surface area contributed by atoms with Crippen molar-refractivity contribution in [3.8, 4) is 5.75 Å². The normalized spacial score (nSPS) is 19.7. The van der Waals surface area contributed by atoms with Crippen molar-refractivity contribution in [2.45, 2.75) is 12.5 Å². The van der Waals surface area contributed by atoms with E-state index in [-0.39, 0.29) is 6.54 Å². The summed E-state index contributed by atoms with van der Waals surface area (Å²) in [6.45, 7) is 1.27. The van der Waals surface area contributed by atoms with Gasteiger partial charge in [0.05, 0.1) is 7.11 Å². The van der Waals surface area contributed by atoms with Crippen molar-refractivity contribution in [3.05, 3.63) is 46.7 Å². The van der Waals surface area contributed by atoms with Crippen molar-refractivity contribution < 1.29 is 19.1 Å². The highest BCUT2D eigenvalue weighted by Gasteiger charge is 2.49. The molecule has 0 spiro atoms. The second-order valence-corrected chi connectivity index (χ2v) is 6.52. The van der Waals surface area contributed by atoms with Gasteiger partial charge in [-0.15, -0.1) is 0 Å². The molecular formula is C17H17N3O4S. The maximum Gasteiger partial charge on any atom is 0.325 e. The third kappa shape index (κ3) is 3.20. The second-order valence-electron chi connectivity index (χ2n) is 5.74. The standard InChI is InChI=1S/C17H17N3O4S/c1-17(11-6-7-25-10-11)15(22)20(16(23)19-17)9-14(21)18-12-4-3-5-13(8-12)24-2/h3-8,10H,9H2,1-2H3,(H,18,21)(H,19,23). The van der Waals surface area contributed by atoms with Crippen LogP contribution in [0.1, 0.15) is 12.5 Å². The number of imide groups is 1. The fourth-order valence-corrected chi connectivity index (χ4v) is 3.39. The minimum atomic E-state index is -1.15. The van der Waals surface area contributed by atoms with Crippen LogP contribution in [0.15, 0.2) is 41.1 Å². The first-order chi connectivity index (χ1) is 11.9. The first-order valence-electron chi connectivity index (χ1n) is 7.55. The maximum absolute atomic E-state index is 12.7. The molecule has 1 aliphatic rings. The van der Waals surface area contributed by atoms with Gasteiger partial charge in [0.25, 0.3) is 5.91 Å². The van der Waals surface area contributed by atoms with E-state index in [9.17, 15) is 14.4 Å². The summed E-state index contributed by atoms with van der Waals surface area (Å²) >= 11 is 1.44. The molecule has 1 saturated heterocycles. The first-order valence-corrected chi connectivity index (χ1v) is 8.49. The molecule has 4 amide bonds. The van der Waals surface area contributed by atoms with E-state index in [0.717, 1.165) is 4.90 Å². The molecule has 3 rings (SSSR count). The van der Waals surface area contributed by atoms with Crippen LogP contribution in [-0.4, -0.2) is 36.4 Å². The van der Waals surface area contributed by atoms with Crippen molar-refractivity contribution >= 4 is 34.9 Å². The van der Waals surface area contributed by atoms with E-state index in [4.69, 9.17) is 4.74 Å². The van der Waals surface area contributed by atoms with E-state index in [1.54, 1.807) is 42.6 Å². The highest BCUT2D eigenvalue weighted by molar-refractivity contribution is 7.08. The molecular weight excluding hydrogens is 342 g/mol. The lowest BCUT2D eigenvalue weighted by Gasteiger charge is -2.20. The number of methoxy groups -OCH3 is 1. The smallest absolute Gasteiger partial charge is 0.325 e. The molecule has 1 unspecified atom stereocenters. The molecule has 1 aromatic carbocycles. The molecule has 8 heteroatoms. The van der Waals surface area contributed by atoms with E-state index >= 15 is 0 Å². The van der Waals surface area contributed by atoms with Crippen molar-refractivity contribution in [2.75, 3.05) is 19.0 Å². The van der Waals surface area contributed by atoms with Gasteiger partial charge in [-0.3, -0.25) is 14.5 Å². The number of carbonyl (C=O) groups is 3. The van der Waals surface area contributed by atoms with Gasteiger partial charge < -0.3 is 15.4 Å². The fraction of sp³-hybridized carbons (Fsp3) is 0.235. The molecule has 2 heterocycles. The number of anilines is 1. The Hall–Kier alpha value is -2.87. The van der Waals surface area contributed by atoms with Gasteiger partial charge in [0.1, 0.15) is 17.8 Å². The predicted molar refractivity (Wildman–Crippen MR) is 93.5 cm³/mol. The monoisotopic (exact) mass is 359 g/mol. The van der Waals surface area contributed by atoms with E-state index in [0.29, 0.717) is 17.0 Å². The van der Waals surface area contributed by atoms with Crippen LogP contribution in [0.3, 0.4) is 0 Å². The summed E-state index contributed by atoms with van der Waals surface area (Å²) < 4.78 is 5.09. The molecule has 0 radical (unpaired) electrons. The second kappa shape index (κ2) is 6.56. The van der Waals surface area contributed by atoms with Gasteiger partial charge in [-0.1, -0.05) is 6.07 Å². The summed E-state index contributed by atoms with van der Waals surface area (Å²) in [7, 11) is 1.53. The summed E-state index contributed by atoms with van der Waals surface area (Å²) in [5.41, 5.74) is 0.0800. The topological polar surface area (TPSA) is 87.7 Å². The number of nitrogens with one attached hydrogen (secondary N) is 2. The Labute approximate surface area is 148 Å². The SMILES string of the molecule is COc1cccc(NC(=O)CN2C(=O)NC(C)(c3ccsc3)C2=O)c1. The number of thiophene rings is 1. The van der Waals surface area contributed by atoms with Crippen molar-refractivity contribution in [2.24, 2.45) is 0 Å². The number of hydrogen-bond donors (Lipinski definition) is 2. The first kappa shape index (κ1) is 17.0. The van der Waals surface area contributed by atoms with Crippen LogP contribution in [-0.2, 0) is 15.1 Å². The van der Waals surface area contributed by atoms with Crippen LogP contribution >= 0.6 is 11.3 Å². The Bertz CT molecular complexity index is 821. The molecule has 2 aromatic rings. The molecule has 1 aromatic heterocycles. The number of urea groups is 1. The van der Waals surface area contributed by atoms with Crippen molar-refractivity contribution in [3.63, 3.8) is 0 Å². The highest BCUT2D eigenvalue weighted by Crippen LogP contribution is 2.30. The molecule has 1 fully saturated rings. The summed E-state index contributed by atoms with van der Waals surface area (Å²) in [6, 6.07) is 8.03. The lowest BCUT2D eigenvalue weighted by Crippen LogP contribution is -2.41. The Morgan fingerprint density at radius 3 is 2.84 bits per heavy atom. The molecule has 0 bridgehead atoms. The average Bonchev–Trinajstić information content (AvgIpc) is 3.20. The largest absolute Gasteiger partial charge is 0.497 e. The van der Waals surface area contributed by atoms with Crippen LogP contribution in [0.25, 0.3) is 0 Å². The lowest BCUT2D eigenvalue weighted by molar-refractivity contribution is -0.133. The molecule has 25 heavy (non-hydrogen) atoms. The van der Waals surface area contributed by atoms with E-state index in [1.807, 2.05) is 5.38 Å². The van der Waals surface area contributed by atoms with Gasteiger partial charge in [-0.25, -0.2) is 4.79 Å². The average molecular weight is 359 g/mol.